The van der Waals surface area contributed by atoms with E-state index in [0.29, 0.717) is 6.42 Å². The van der Waals surface area contributed by atoms with E-state index in [1.54, 1.807) is 0 Å². The highest BCUT2D eigenvalue weighted by molar-refractivity contribution is 5.05. The summed E-state index contributed by atoms with van der Waals surface area (Å²) in [5.41, 5.74) is 1.09. The Morgan fingerprint density at radius 3 is 2.69 bits per heavy atom. The first kappa shape index (κ1) is 11.2. The first-order valence-electron chi connectivity index (χ1n) is 5.73. The van der Waals surface area contributed by atoms with E-state index in [2.05, 4.69) is 29.3 Å². The Morgan fingerprint density at radius 1 is 1.50 bits per heavy atom. The van der Waals surface area contributed by atoms with Crippen molar-refractivity contribution in [3.8, 4) is 6.07 Å². The lowest BCUT2D eigenvalue weighted by Crippen LogP contribution is -2.45. The molecule has 4 nitrogen and oxygen atoms in total. The van der Waals surface area contributed by atoms with Gasteiger partial charge in [0.15, 0.2) is 0 Å². The molecule has 1 aromatic rings. The smallest absolute Gasteiger partial charge is 0.0781 e. The molecule has 0 saturated carbocycles. The first-order valence-corrected chi connectivity index (χ1v) is 5.73. The Kier molecular flexibility index (Phi) is 2.97. The van der Waals surface area contributed by atoms with Gasteiger partial charge in [0, 0.05) is 19.3 Å². The maximum absolute atomic E-state index is 9.01. The molecular formula is C12H18N4. The van der Waals surface area contributed by atoms with Gasteiger partial charge in [-0.1, -0.05) is 0 Å². The second-order valence-electron chi connectivity index (χ2n) is 4.82. The minimum Gasteiger partial charge on any atom is -0.306 e. The number of hydrogen-bond donors (Lipinski definition) is 0. The van der Waals surface area contributed by atoms with Gasteiger partial charge in [0.05, 0.1) is 24.2 Å². The van der Waals surface area contributed by atoms with Crippen LogP contribution in [0.2, 0.25) is 0 Å². The Hall–Kier alpha value is -1.34. The lowest BCUT2D eigenvalue weighted by molar-refractivity contribution is 0.119. The van der Waals surface area contributed by atoms with Crippen molar-refractivity contribution >= 4 is 0 Å². The van der Waals surface area contributed by atoms with E-state index in [1.165, 1.54) is 0 Å². The molecule has 0 atom stereocenters. The molecular weight excluding hydrogens is 200 g/mol. The molecule has 0 bridgehead atoms. The normalized spacial score (nSPS) is 20.6. The van der Waals surface area contributed by atoms with Crippen LogP contribution in [-0.4, -0.2) is 34.8 Å². The molecule has 16 heavy (non-hydrogen) atoms. The molecule has 4 heteroatoms. The van der Waals surface area contributed by atoms with Gasteiger partial charge in [0.2, 0.25) is 0 Å². The van der Waals surface area contributed by atoms with Crippen molar-refractivity contribution in [1.82, 2.24) is 14.7 Å². The van der Waals surface area contributed by atoms with Crippen LogP contribution in [0.1, 0.15) is 24.8 Å². The average molecular weight is 218 g/mol. The van der Waals surface area contributed by atoms with Gasteiger partial charge in [-0.25, -0.2) is 0 Å². The van der Waals surface area contributed by atoms with Crippen molar-refractivity contribution in [2.45, 2.75) is 31.7 Å². The number of hydrogen-bond acceptors (Lipinski definition) is 3. The van der Waals surface area contributed by atoms with Crippen LogP contribution in [0.15, 0.2) is 12.4 Å². The van der Waals surface area contributed by atoms with Crippen molar-refractivity contribution in [3.05, 3.63) is 18.0 Å². The highest BCUT2D eigenvalue weighted by Gasteiger charge is 2.35. The lowest BCUT2D eigenvalue weighted by Gasteiger charge is -2.39. The van der Waals surface area contributed by atoms with Gasteiger partial charge in [-0.2, -0.15) is 10.4 Å². The second-order valence-corrected chi connectivity index (χ2v) is 4.82. The minimum atomic E-state index is -0.0739. The van der Waals surface area contributed by atoms with E-state index >= 15 is 0 Å². The molecule has 0 radical (unpaired) electrons. The number of piperidine rings is 1. The van der Waals surface area contributed by atoms with Crippen LogP contribution >= 0.6 is 0 Å². The average Bonchev–Trinajstić information content (AvgIpc) is 2.70. The van der Waals surface area contributed by atoms with Crippen LogP contribution < -0.4 is 0 Å². The van der Waals surface area contributed by atoms with Gasteiger partial charge in [-0.05, 0) is 32.4 Å². The van der Waals surface area contributed by atoms with Gasteiger partial charge in [0.25, 0.3) is 0 Å². The largest absolute Gasteiger partial charge is 0.306 e. The molecule has 2 heterocycles. The Bertz CT molecular complexity index is 393. The van der Waals surface area contributed by atoms with E-state index in [1.807, 2.05) is 17.8 Å². The van der Waals surface area contributed by atoms with Crippen LogP contribution in [0.5, 0.6) is 0 Å². The molecule has 86 valence electrons. The van der Waals surface area contributed by atoms with Crippen LogP contribution in [0.4, 0.5) is 0 Å². The molecule has 1 aromatic heterocycles. The third kappa shape index (κ3) is 1.96. The third-order valence-electron chi connectivity index (χ3n) is 3.52. The van der Waals surface area contributed by atoms with Gasteiger partial charge >= 0.3 is 0 Å². The van der Waals surface area contributed by atoms with Gasteiger partial charge in [0.1, 0.15) is 0 Å². The molecule has 0 unspecified atom stereocenters. The summed E-state index contributed by atoms with van der Waals surface area (Å²) < 4.78 is 2.01. The topological polar surface area (TPSA) is 44.9 Å². The van der Waals surface area contributed by atoms with Crippen molar-refractivity contribution in [2.75, 3.05) is 20.1 Å². The Morgan fingerprint density at radius 2 is 2.19 bits per heavy atom. The fourth-order valence-electron chi connectivity index (χ4n) is 2.34. The van der Waals surface area contributed by atoms with Gasteiger partial charge in [-0.15, -0.1) is 0 Å². The first-order chi connectivity index (χ1) is 7.66. The zero-order valence-corrected chi connectivity index (χ0v) is 9.98. The fraction of sp³-hybridized carbons (Fsp3) is 0.667. The lowest BCUT2D eigenvalue weighted by atomic mass is 9.85. The van der Waals surface area contributed by atoms with E-state index in [-0.39, 0.29) is 5.54 Å². The van der Waals surface area contributed by atoms with E-state index in [4.69, 9.17) is 5.26 Å². The number of nitriles is 1. The number of rotatable bonds is 2. The molecule has 2 rings (SSSR count). The summed E-state index contributed by atoms with van der Waals surface area (Å²) in [6, 6.07) is 2.32. The molecule has 0 aromatic carbocycles. The van der Waals surface area contributed by atoms with Crippen LogP contribution in [0, 0.1) is 18.3 Å². The van der Waals surface area contributed by atoms with Crippen LogP contribution in [-0.2, 0) is 5.54 Å². The second kappa shape index (κ2) is 4.26. The quantitative estimate of drug-likeness (QED) is 0.756. The summed E-state index contributed by atoms with van der Waals surface area (Å²) in [7, 11) is 2.13. The number of aryl methyl sites for hydroxylation is 1. The van der Waals surface area contributed by atoms with Crippen molar-refractivity contribution < 1.29 is 0 Å². The standard InChI is InChI=1S/C12H18N4/c1-11-9-14-16(10-11)12(3-6-13)4-7-15(2)8-5-12/h9-10H,3-5,7-8H2,1-2H3. The molecule has 1 aliphatic rings. The zero-order chi connectivity index (χ0) is 11.6. The van der Waals surface area contributed by atoms with Crippen LogP contribution in [0.3, 0.4) is 0 Å². The summed E-state index contributed by atoms with van der Waals surface area (Å²) >= 11 is 0. The van der Waals surface area contributed by atoms with Gasteiger partial charge in [-0.3, -0.25) is 4.68 Å². The maximum Gasteiger partial charge on any atom is 0.0781 e. The fourth-order valence-corrected chi connectivity index (χ4v) is 2.34. The molecule has 0 aliphatic carbocycles. The zero-order valence-electron chi connectivity index (χ0n) is 9.98. The summed E-state index contributed by atoms with van der Waals surface area (Å²) in [5, 5.41) is 13.4. The highest BCUT2D eigenvalue weighted by Crippen LogP contribution is 2.32. The number of aromatic nitrogens is 2. The van der Waals surface area contributed by atoms with Crippen molar-refractivity contribution in [2.24, 2.45) is 0 Å². The molecule has 0 amide bonds. The predicted octanol–water partition coefficient (Wildman–Crippen LogP) is 1.53. The molecule has 0 spiro atoms. The summed E-state index contributed by atoms with van der Waals surface area (Å²) in [4.78, 5) is 2.31. The highest BCUT2D eigenvalue weighted by atomic mass is 15.3. The van der Waals surface area contributed by atoms with Gasteiger partial charge < -0.3 is 4.90 Å². The molecule has 1 saturated heterocycles. The Balaban J connectivity index is 2.26. The van der Waals surface area contributed by atoms with E-state index < -0.39 is 0 Å². The predicted molar refractivity (Wildman–Crippen MR) is 61.9 cm³/mol. The third-order valence-corrected chi connectivity index (χ3v) is 3.52. The number of nitrogens with zero attached hydrogens (tertiary/aromatic N) is 4. The molecule has 1 aliphatic heterocycles. The van der Waals surface area contributed by atoms with E-state index in [9.17, 15) is 0 Å². The molecule has 0 N–H and O–H groups in total. The SMILES string of the molecule is Cc1cnn(C2(CC#N)CCN(C)CC2)c1. The Labute approximate surface area is 96.5 Å². The van der Waals surface area contributed by atoms with E-state index in [0.717, 1.165) is 31.5 Å². The monoisotopic (exact) mass is 218 g/mol. The van der Waals surface area contributed by atoms with Crippen LogP contribution in [0.25, 0.3) is 0 Å². The van der Waals surface area contributed by atoms with Crippen molar-refractivity contribution in [3.63, 3.8) is 0 Å². The summed E-state index contributed by atoms with van der Waals surface area (Å²) in [6.07, 6.45) is 6.51. The van der Waals surface area contributed by atoms with Crippen molar-refractivity contribution in [1.29, 1.82) is 5.26 Å². The molecule has 1 fully saturated rings. The summed E-state index contributed by atoms with van der Waals surface area (Å²) in [6.45, 7) is 4.12. The number of likely N-dealkylation sites (tertiary alicyclic amines) is 1. The minimum absolute atomic E-state index is 0.0739. The summed E-state index contributed by atoms with van der Waals surface area (Å²) in [5.74, 6) is 0. The maximum atomic E-state index is 9.01.